The smallest absolute Gasteiger partial charge is 0.215 e. The molecule has 3 heteroatoms. The third-order valence-corrected chi connectivity index (χ3v) is 2.40. The van der Waals surface area contributed by atoms with Gasteiger partial charge in [-0.2, -0.15) is 5.26 Å². The number of hydrogen-bond acceptors (Lipinski definition) is 3. The second-order valence-electron chi connectivity index (χ2n) is 3.64. The molecule has 3 nitrogen and oxygen atoms in total. The fourth-order valence-electron chi connectivity index (χ4n) is 1.52. The predicted octanol–water partition coefficient (Wildman–Crippen LogP) is 3.09. The lowest BCUT2D eigenvalue weighted by Crippen LogP contribution is -2.04. The summed E-state index contributed by atoms with van der Waals surface area (Å²) in [6.45, 7) is 1.95. The molecule has 0 aliphatic carbocycles. The summed E-state index contributed by atoms with van der Waals surface area (Å²) in [6.07, 6.45) is -0.0855. The summed E-state index contributed by atoms with van der Waals surface area (Å²) < 4.78 is 5.68. The molecule has 0 saturated carbocycles. The van der Waals surface area contributed by atoms with E-state index in [1.807, 2.05) is 43.3 Å². The Balaban J connectivity index is 2.13. The fraction of sp³-hybridized carbons (Fsp3) is 0.143. The molecule has 1 unspecified atom stereocenters. The van der Waals surface area contributed by atoms with Crippen LogP contribution < -0.4 is 4.74 Å². The van der Waals surface area contributed by atoms with E-state index in [1.54, 1.807) is 18.2 Å². The van der Waals surface area contributed by atoms with Crippen molar-refractivity contribution in [3.05, 3.63) is 59.8 Å². The summed E-state index contributed by atoms with van der Waals surface area (Å²) in [7, 11) is 0. The molecule has 2 aromatic rings. The van der Waals surface area contributed by atoms with Gasteiger partial charge in [0.05, 0.1) is 0 Å². The van der Waals surface area contributed by atoms with E-state index in [-0.39, 0.29) is 6.10 Å². The van der Waals surface area contributed by atoms with Gasteiger partial charge in [0, 0.05) is 6.07 Å². The highest BCUT2D eigenvalue weighted by Gasteiger charge is 2.07. The van der Waals surface area contributed by atoms with Crippen LogP contribution >= 0.6 is 0 Å². The average molecular weight is 224 g/mol. The molecule has 0 bridgehead atoms. The zero-order valence-corrected chi connectivity index (χ0v) is 9.50. The Kier molecular flexibility index (Phi) is 3.37. The number of rotatable bonds is 3. The number of hydrogen-bond donors (Lipinski definition) is 0. The molecule has 17 heavy (non-hydrogen) atoms. The number of ether oxygens (including phenoxy) is 1. The molecule has 84 valence electrons. The molecule has 0 N–H and O–H groups in total. The number of nitrogens with zero attached hydrogens (tertiary/aromatic N) is 2. The van der Waals surface area contributed by atoms with Crippen molar-refractivity contribution in [2.45, 2.75) is 13.0 Å². The molecular weight excluding hydrogens is 212 g/mol. The molecule has 0 aliphatic rings. The first-order chi connectivity index (χ1) is 8.29. The topological polar surface area (TPSA) is 45.9 Å². The highest BCUT2D eigenvalue weighted by atomic mass is 16.5. The van der Waals surface area contributed by atoms with Crippen LogP contribution in [0.2, 0.25) is 0 Å². The number of pyridine rings is 1. The maximum Gasteiger partial charge on any atom is 0.215 e. The molecular formula is C14H12N2O. The van der Waals surface area contributed by atoms with Crippen molar-refractivity contribution < 1.29 is 4.74 Å². The van der Waals surface area contributed by atoms with Crippen molar-refractivity contribution >= 4 is 0 Å². The molecule has 0 fully saturated rings. The first-order valence-corrected chi connectivity index (χ1v) is 5.38. The standard InChI is InChI=1S/C14H12N2O/c1-11(12-6-3-2-4-7-12)17-14-9-5-8-13(10-15)16-14/h2-9,11H,1H3. The van der Waals surface area contributed by atoms with Crippen molar-refractivity contribution in [2.24, 2.45) is 0 Å². The summed E-state index contributed by atoms with van der Waals surface area (Å²) in [5.74, 6) is 0.473. The Morgan fingerprint density at radius 3 is 2.59 bits per heavy atom. The second kappa shape index (κ2) is 5.13. The van der Waals surface area contributed by atoms with Crippen LogP contribution in [0.3, 0.4) is 0 Å². The zero-order valence-electron chi connectivity index (χ0n) is 9.50. The largest absolute Gasteiger partial charge is 0.470 e. The molecule has 1 aromatic carbocycles. The minimum Gasteiger partial charge on any atom is -0.470 e. The van der Waals surface area contributed by atoms with E-state index in [9.17, 15) is 0 Å². The zero-order chi connectivity index (χ0) is 12.1. The highest BCUT2D eigenvalue weighted by molar-refractivity contribution is 5.25. The van der Waals surface area contributed by atoms with Gasteiger partial charge in [-0.05, 0) is 18.6 Å². The highest BCUT2D eigenvalue weighted by Crippen LogP contribution is 2.19. The van der Waals surface area contributed by atoms with Gasteiger partial charge in [-0.25, -0.2) is 4.98 Å². The van der Waals surface area contributed by atoms with Crippen molar-refractivity contribution in [2.75, 3.05) is 0 Å². The minimum absolute atomic E-state index is 0.0855. The van der Waals surface area contributed by atoms with E-state index in [2.05, 4.69) is 4.98 Å². The maximum atomic E-state index is 8.75. The molecule has 0 radical (unpaired) electrons. The van der Waals surface area contributed by atoms with Crippen molar-refractivity contribution in [1.82, 2.24) is 4.98 Å². The van der Waals surface area contributed by atoms with Crippen molar-refractivity contribution in [1.29, 1.82) is 5.26 Å². The van der Waals surface area contributed by atoms with E-state index < -0.39 is 0 Å². The number of aromatic nitrogens is 1. The van der Waals surface area contributed by atoms with Gasteiger partial charge in [-0.3, -0.25) is 0 Å². The Morgan fingerprint density at radius 2 is 1.88 bits per heavy atom. The van der Waals surface area contributed by atoms with Gasteiger partial charge in [0.25, 0.3) is 0 Å². The normalized spacial score (nSPS) is 11.5. The second-order valence-corrected chi connectivity index (χ2v) is 3.64. The van der Waals surface area contributed by atoms with Crippen LogP contribution in [-0.2, 0) is 0 Å². The van der Waals surface area contributed by atoms with Gasteiger partial charge >= 0.3 is 0 Å². The summed E-state index contributed by atoms with van der Waals surface area (Å²) in [4.78, 5) is 4.07. The van der Waals surface area contributed by atoms with E-state index in [0.29, 0.717) is 11.6 Å². The van der Waals surface area contributed by atoms with Gasteiger partial charge in [-0.1, -0.05) is 36.4 Å². The molecule has 0 saturated heterocycles. The van der Waals surface area contributed by atoms with Crippen LogP contribution in [-0.4, -0.2) is 4.98 Å². The summed E-state index contributed by atoms with van der Waals surface area (Å²) in [6, 6.07) is 17.0. The van der Waals surface area contributed by atoms with Crippen LogP contribution in [0.25, 0.3) is 0 Å². The molecule has 0 amide bonds. The third kappa shape index (κ3) is 2.82. The molecule has 0 aliphatic heterocycles. The SMILES string of the molecule is CC(Oc1cccc(C#N)n1)c1ccccc1. The van der Waals surface area contributed by atoms with E-state index in [0.717, 1.165) is 5.56 Å². The molecule has 1 aromatic heterocycles. The lowest BCUT2D eigenvalue weighted by molar-refractivity contribution is 0.217. The van der Waals surface area contributed by atoms with E-state index >= 15 is 0 Å². The number of nitriles is 1. The summed E-state index contributed by atoms with van der Waals surface area (Å²) in [5.41, 5.74) is 1.44. The molecule has 1 heterocycles. The molecule has 0 spiro atoms. The Hall–Kier alpha value is -2.34. The van der Waals surface area contributed by atoms with Gasteiger partial charge < -0.3 is 4.74 Å². The maximum absolute atomic E-state index is 8.75. The molecule has 1 atom stereocenters. The first kappa shape index (κ1) is 11.2. The lowest BCUT2D eigenvalue weighted by Gasteiger charge is -2.13. The van der Waals surface area contributed by atoms with E-state index in [1.165, 1.54) is 0 Å². The van der Waals surface area contributed by atoms with Crippen LogP contribution in [0.1, 0.15) is 24.3 Å². The van der Waals surface area contributed by atoms with Crippen molar-refractivity contribution in [3.8, 4) is 11.9 Å². The van der Waals surface area contributed by atoms with Gasteiger partial charge in [0.15, 0.2) is 0 Å². The minimum atomic E-state index is -0.0855. The van der Waals surface area contributed by atoms with Crippen LogP contribution in [0.4, 0.5) is 0 Å². The quantitative estimate of drug-likeness (QED) is 0.804. The van der Waals surface area contributed by atoms with Gasteiger partial charge in [0.1, 0.15) is 17.9 Å². The lowest BCUT2D eigenvalue weighted by atomic mass is 10.1. The van der Waals surface area contributed by atoms with Gasteiger partial charge in [-0.15, -0.1) is 0 Å². The van der Waals surface area contributed by atoms with Crippen LogP contribution in [0, 0.1) is 11.3 Å². The van der Waals surface area contributed by atoms with Crippen LogP contribution in [0.5, 0.6) is 5.88 Å². The molecule has 2 rings (SSSR count). The third-order valence-electron chi connectivity index (χ3n) is 2.40. The summed E-state index contributed by atoms with van der Waals surface area (Å²) >= 11 is 0. The van der Waals surface area contributed by atoms with Crippen LogP contribution in [0.15, 0.2) is 48.5 Å². The summed E-state index contributed by atoms with van der Waals surface area (Å²) in [5, 5.41) is 8.75. The van der Waals surface area contributed by atoms with E-state index in [4.69, 9.17) is 10.00 Å². The fourth-order valence-corrected chi connectivity index (χ4v) is 1.52. The number of benzene rings is 1. The Bertz CT molecular complexity index is 531. The predicted molar refractivity (Wildman–Crippen MR) is 64.4 cm³/mol. The Labute approximate surface area is 100 Å². The first-order valence-electron chi connectivity index (χ1n) is 5.38. The average Bonchev–Trinajstić information content (AvgIpc) is 2.40. The van der Waals surface area contributed by atoms with Crippen molar-refractivity contribution in [3.63, 3.8) is 0 Å². The van der Waals surface area contributed by atoms with Gasteiger partial charge in [0.2, 0.25) is 5.88 Å². The Morgan fingerprint density at radius 1 is 1.12 bits per heavy atom. The monoisotopic (exact) mass is 224 g/mol.